The zero-order valence-corrected chi connectivity index (χ0v) is 17.8. The van der Waals surface area contributed by atoms with Crippen molar-refractivity contribution in [3.8, 4) is 34.4 Å². The number of methoxy groups -OCH3 is 2. The van der Waals surface area contributed by atoms with Crippen molar-refractivity contribution in [2.75, 3.05) is 14.2 Å². The molecule has 0 amide bonds. The van der Waals surface area contributed by atoms with Gasteiger partial charge in [-0.3, -0.25) is 0 Å². The van der Waals surface area contributed by atoms with Gasteiger partial charge in [0, 0.05) is 11.1 Å². The molecule has 1 unspecified atom stereocenters. The highest BCUT2D eigenvalue weighted by Crippen LogP contribution is 2.37. The van der Waals surface area contributed by atoms with E-state index in [0.29, 0.717) is 34.4 Å². The fourth-order valence-corrected chi connectivity index (χ4v) is 3.47. The lowest BCUT2D eigenvalue weighted by Crippen LogP contribution is -1.90. The fourth-order valence-electron chi connectivity index (χ4n) is 2.76. The number of aryl methyl sites for hydroxylation is 1. The molecule has 0 aliphatic heterocycles. The van der Waals surface area contributed by atoms with Gasteiger partial charge in [-0.25, -0.2) is 0 Å². The molecule has 8 nitrogen and oxygen atoms in total. The maximum absolute atomic E-state index is 5.83. The molecule has 0 aliphatic rings. The van der Waals surface area contributed by atoms with Crippen molar-refractivity contribution in [3.05, 3.63) is 53.9 Å². The standard InChI is InChI=1S/C21H20N4O4S/c1-12-5-7-14(8-6-12)19-23-22-18(28-19)13(2)30-21-25-24-20(29-21)15-9-10-16(26-3)17(11-15)27-4/h5-11,13H,1-4H3. The van der Waals surface area contributed by atoms with Crippen molar-refractivity contribution in [1.82, 2.24) is 20.4 Å². The molecule has 0 fully saturated rings. The Morgan fingerprint density at radius 1 is 0.800 bits per heavy atom. The van der Waals surface area contributed by atoms with Crippen LogP contribution in [-0.2, 0) is 0 Å². The summed E-state index contributed by atoms with van der Waals surface area (Å²) in [6.45, 7) is 3.97. The molecule has 1 atom stereocenters. The maximum Gasteiger partial charge on any atom is 0.277 e. The monoisotopic (exact) mass is 424 g/mol. The lowest BCUT2D eigenvalue weighted by Gasteiger charge is -2.07. The van der Waals surface area contributed by atoms with Crippen LogP contribution in [0.15, 0.2) is 56.5 Å². The third kappa shape index (κ3) is 4.16. The van der Waals surface area contributed by atoms with Crippen molar-refractivity contribution in [1.29, 1.82) is 0 Å². The van der Waals surface area contributed by atoms with Crippen molar-refractivity contribution in [3.63, 3.8) is 0 Å². The van der Waals surface area contributed by atoms with E-state index in [9.17, 15) is 0 Å². The minimum Gasteiger partial charge on any atom is -0.493 e. The average molecular weight is 424 g/mol. The number of hydrogen-bond acceptors (Lipinski definition) is 9. The van der Waals surface area contributed by atoms with E-state index in [1.54, 1.807) is 26.4 Å². The van der Waals surface area contributed by atoms with Gasteiger partial charge in [-0.2, -0.15) is 0 Å². The van der Waals surface area contributed by atoms with Gasteiger partial charge < -0.3 is 18.3 Å². The first-order valence-electron chi connectivity index (χ1n) is 9.20. The molecular weight excluding hydrogens is 404 g/mol. The van der Waals surface area contributed by atoms with E-state index in [0.717, 1.165) is 11.1 Å². The molecule has 0 saturated carbocycles. The summed E-state index contributed by atoms with van der Waals surface area (Å²) >= 11 is 1.35. The molecule has 0 aliphatic carbocycles. The number of aromatic nitrogens is 4. The van der Waals surface area contributed by atoms with Crippen LogP contribution in [0, 0.1) is 6.92 Å². The predicted octanol–water partition coefficient (Wildman–Crippen LogP) is 4.97. The molecule has 4 aromatic rings. The highest BCUT2D eigenvalue weighted by atomic mass is 32.2. The van der Waals surface area contributed by atoms with E-state index in [-0.39, 0.29) is 5.25 Å². The molecule has 2 heterocycles. The van der Waals surface area contributed by atoms with Gasteiger partial charge in [0.25, 0.3) is 5.22 Å². The van der Waals surface area contributed by atoms with Gasteiger partial charge in [-0.15, -0.1) is 20.4 Å². The molecular formula is C21H20N4O4S. The van der Waals surface area contributed by atoms with E-state index in [4.69, 9.17) is 18.3 Å². The average Bonchev–Trinajstić information content (AvgIpc) is 3.44. The van der Waals surface area contributed by atoms with Gasteiger partial charge in [-0.1, -0.05) is 29.5 Å². The van der Waals surface area contributed by atoms with E-state index in [1.807, 2.05) is 44.2 Å². The fraction of sp³-hybridized carbons (Fsp3) is 0.238. The SMILES string of the molecule is COc1ccc(-c2nnc(SC(C)c3nnc(-c4ccc(C)cc4)o3)o2)cc1OC. The second kappa shape index (κ2) is 8.58. The van der Waals surface area contributed by atoms with E-state index < -0.39 is 0 Å². The lowest BCUT2D eigenvalue weighted by atomic mass is 10.1. The quantitative estimate of drug-likeness (QED) is 0.381. The molecule has 4 rings (SSSR count). The highest BCUT2D eigenvalue weighted by Gasteiger charge is 2.20. The number of benzene rings is 2. The second-order valence-electron chi connectivity index (χ2n) is 6.51. The summed E-state index contributed by atoms with van der Waals surface area (Å²) in [5, 5.41) is 16.8. The van der Waals surface area contributed by atoms with Crippen LogP contribution in [0.1, 0.15) is 23.6 Å². The predicted molar refractivity (Wildman–Crippen MR) is 112 cm³/mol. The van der Waals surface area contributed by atoms with E-state index in [1.165, 1.54) is 17.3 Å². The topological polar surface area (TPSA) is 96.3 Å². The van der Waals surface area contributed by atoms with Crippen LogP contribution in [0.3, 0.4) is 0 Å². The maximum atomic E-state index is 5.83. The van der Waals surface area contributed by atoms with Crippen LogP contribution in [0.5, 0.6) is 11.5 Å². The minimum atomic E-state index is -0.157. The third-order valence-corrected chi connectivity index (χ3v) is 5.32. The zero-order chi connectivity index (χ0) is 21.1. The number of nitrogens with zero attached hydrogens (tertiary/aromatic N) is 4. The van der Waals surface area contributed by atoms with E-state index >= 15 is 0 Å². The van der Waals surface area contributed by atoms with Crippen molar-refractivity contribution >= 4 is 11.8 Å². The number of thioether (sulfide) groups is 1. The Kier molecular flexibility index (Phi) is 5.71. The Balaban J connectivity index is 1.48. The summed E-state index contributed by atoms with van der Waals surface area (Å²) in [6, 6.07) is 13.3. The molecule has 9 heteroatoms. The first-order chi connectivity index (χ1) is 14.6. The first-order valence-corrected chi connectivity index (χ1v) is 10.1. The number of rotatable bonds is 7. The molecule has 30 heavy (non-hydrogen) atoms. The molecule has 0 N–H and O–H groups in total. The molecule has 0 saturated heterocycles. The second-order valence-corrected chi connectivity index (χ2v) is 7.81. The number of hydrogen-bond donors (Lipinski definition) is 0. The molecule has 2 aromatic carbocycles. The lowest BCUT2D eigenvalue weighted by molar-refractivity contribution is 0.355. The molecule has 154 valence electrons. The largest absolute Gasteiger partial charge is 0.493 e. The smallest absolute Gasteiger partial charge is 0.277 e. The summed E-state index contributed by atoms with van der Waals surface area (Å²) < 4.78 is 22.2. The van der Waals surface area contributed by atoms with Crippen LogP contribution in [0.25, 0.3) is 22.9 Å². The zero-order valence-electron chi connectivity index (χ0n) is 16.9. The summed E-state index contributed by atoms with van der Waals surface area (Å²) in [5.74, 6) is 2.57. The summed E-state index contributed by atoms with van der Waals surface area (Å²) in [7, 11) is 3.16. The van der Waals surface area contributed by atoms with Crippen LogP contribution in [0.2, 0.25) is 0 Å². The highest BCUT2D eigenvalue weighted by molar-refractivity contribution is 7.99. The first kappa shape index (κ1) is 20.0. The molecule has 2 aromatic heterocycles. The molecule has 0 spiro atoms. The Hall–Kier alpha value is -3.33. The van der Waals surface area contributed by atoms with Crippen molar-refractivity contribution in [2.24, 2.45) is 0 Å². The van der Waals surface area contributed by atoms with Crippen LogP contribution in [0.4, 0.5) is 0 Å². The minimum absolute atomic E-state index is 0.157. The summed E-state index contributed by atoms with van der Waals surface area (Å²) in [6.07, 6.45) is 0. The van der Waals surface area contributed by atoms with Crippen molar-refractivity contribution in [2.45, 2.75) is 24.3 Å². The third-order valence-electron chi connectivity index (χ3n) is 4.40. The molecule has 0 radical (unpaired) electrons. The Bertz CT molecular complexity index is 1140. The number of ether oxygens (including phenoxy) is 2. The Morgan fingerprint density at radius 2 is 1.47 bits per heavy atom. The van der Waals surface area contributed by atoms with Gasteiger partial charge in [0.15, 0.2) is 11.5 Å². The Morgan fingerprint density at radius 3 is 2.20 bits per heavy atom. The van der Waals surface area contributed by atoms with Crippen molar-refractivity contribution < 1.29 is 18.3 Å². The van der Waals surface area contributed by atoms with Crippen LogP contribution in [-0.4, -0.2) is 34.6 Å². The Labute approximate surface area is 177 Å². The van der Waals surface area contributed by atoms with E-state index in [2.05, 4.69) is 20.4 Å². The van der Waals surface area contributed by atoms with Gasteiger partial charge >= 0.3 is 0 Å². The van der Waals surface area contributed by atoms with Crippen LogP contribution >= 0.6 is 11.8 Å². The van der Waals surface area contributed by atoms with Gasteiger partial charge in [-0.05, 0) is 44.2 Å². The van der Waals surface area contributed by atoms with Gasteiger partial charge in [0.05, 0.1) is 19.5 Å². The molecule has 0 bridgehead atoms. The summed E-state index contributed by atoms with van der Waals surface area (Å²) in [5.41, 5.74) is 2.79. The van der Waals surface area contributed by atoms with Gasteiger partial charge in [0.2, 0.25) is 17.7 Å². The van der Waals surface area contributed by atoms with Gasteiger partial charge in [0.1, 0.15) is 0 Å². The summed E-state index contributed by atoms with van der Waals surface area (Å²) in [4.78, 5) is 0. The van der Waals surface area contributed by atoms with Crippen LogP contribution < -0.4 is 9.47 Å². The normalized spacial score (nSPS) is 12.0.